The minimum absolute atomic E-state index is 0. The molecule has 0 aromatic carbocycles. The van der Waals surface area contributed by atoms with E-state index in [9.17, 15) is 0 Å². The summed E-state index contributed by atoms with van der Waals surface area (Å²) in [7, 11) is -7.67. The summed E-state index contributed by atoms with van der Waals surface area (Å²) in [6, 6.07) is 0. The summed E-state index contributed by atoms with van der Waals surface area (Å²) in [6.07, 6.45) is 0. The van der Waals surface area contributed by atoms with Gasteiger partial charge in [0.2, 0.25) is 0 Å². The minimum atomic E-state index is -3.83. The van der Waals surface area contributed by atoms with Gasteiger partial charge in [0.1, 0.15) is 0 Å². The zero-order chi connectivity index (χ0) is 9.00. The maximum atomic E-state index is 9.11. The topological polar surface area (TPSA) is 115 Å². The van der Waals surface area contributed by atoms with E-state index in [1.165, 1.54) is 0 Å². The van der Waals surface area contributed by atoms with Crippen LogP contribution in [0.2, 0.25) is 0 Å². The zero-order valence-electron chi connectivity index (χ0n) is 4.24. The van der Waals surface area contributed by atoms with Gasteiger partial charge in [0.15, 0.2) is 0 Å². The summed E-state index contributed by atoms with van der Waals surface area (Å²) in [5, 5.41) is 0. The average molecular weight is 444 g/mol. The van der Waals surface area contributed by atoms with Crippen molar-refractivity contribution >= 4 is 306 Å². The van der Waals surface area contributed by atoms with Crippen molar-refractivity contribution in [2.45, 2.75) is 0 Å². The molecule has 0 spiro atoms. The number of hydrogen-bond donors (Lipinski definition) is 4. The van der Waals surface area contributed by atoms with E-state index in [1.54, 1.807) is 0 Å². The molecule has 4 N–H and O–H groups in total. The van der Waals surface area contributed by atoms with E-state index >= 15 is 0 Å². The molecule has 19 heavy (non-hydrogen) atoms. The van der Waals surface area contributed by atoms with Crippen molar-refractivity contribution in [3.05, 3.63) is 0 Å². The van der Waals surface area contributed by atoms with Crippen molar-refractivity contribution in [2.75, 3.05) is 0 Å². The molecule has 0 amide bonds. The second-order valence-electron chi connectivity index (χ2n) is 0.896. The van der Waals surface area contributed by atoms with Crippen LogP contribution in [0.25, 0.3) is 0 Å². The molecule has 0 saturated heterocycles. The van der Waals surface area contributed by atoms with Crippen LogP contribution in [-0.2, 0) is 40.5 Å². The van der Waals surface area contributed by atoms with Crippen molar-refractivity contribution in [2.24, 2.45) is 0 Å². The molecule has 6 nitrogen and oxygen atoms in total. The summed E-state index contributed by atoms with van der Waals surface area (Å²) in [5.74, 6) is 0. The van der Waals surface area contributed by atoms with Gasteiger partial charge in [0.05, 0.1) is 0 Å². The third-order valence-corrected chi connectivity index (χ3v) is 0. The first-order chi connectivity index (χ1) is 4.00. The first kappa shape index (κ1) is 70.3. The quantitative estimate of drug-likeness (QED) is 0.273. The first-order valence-electron chi connectivity index (χ1n) is 1.40. The normalized spacial score (nSPS) is 6.11. The molecule has 0 aliphatic heterocycles. The molecule has 0 aliphatic carbocycles. The van der Waals surface area contributed by atoms with Gasteiger partial charge in [-0.25, -0.2) is 0 Å². The molecule has 0 aromatic heterocycles. The van der Waals surface area contributed by atoms with Crippen molar-refractivity contribution < 1.29 is 26.6 Å². The molecule has 0 bridgehead atoms. The Balaban J connectivity index is -0.00000000508. The fourth-order valence-corrected chi connectivity index (χ4v) is 0. The molecule has 0 unspecified atom stereocenters. The molecule has 0 aliphatic rings. The fraction of sp³-hybridized carbons (Fsp3) is 0. The van der Waals surface area contributed by atoms with Crippen LogP contribution in [0.1, 0.15) is 0 Å². The van der Waals surface area contributed by atoms with E-state index < -0.39 is 18.1 Å². The van der Waals surface area contributed by atoms with E-state index in [0.717, 1.165) is 0 Å². The molecule has 0 atom stereocenters. The van der Waals surface area contributed by atoms with Gasteiger partial charge in [-0.1, -0.05) is 0 Å². The van der Waals surface area contributed by atoms with Gasteiger partial charge in [0.25, 0.3) is 18.1 Å². The fourth-order valence-electron chi connectivity index (χ4n) is 0. The molecular formula is H13Na9O6S4. The van der Waals surface area contributed by atoms with Crippen LogP contribution in [0.15, 0.2) is 0 Å². The maximum absolute atomic E-state index is 9.11. The van der Waals surface area contributed by atoms with Crippen molar-refractivity contribution in [3.63, 3.8) is 0 Å². The zero-order valence-corrected chi connectivity index (χ0v) is 7.50. The molecule has 82 valence electrons. The van der Waals surface area contributed by atoms with Crippen LogP contribution < -0.4 is 0 Å². The van der Waals surface area contributed by atoms with Gasteiger partial charge in [-0.05, 0) is 0 Å². The monoisotopic (exact) mass is 444 g/mol. The third-order valence-electron chi connectivity index (χ3n) is 0. The van der Waals surface area contributed by atoms with Gasteiger partial charge < -0.3 is 0 Å². The van der Waals surface area contributed by atoms with E-state index in [-0.39, 0.29) is 266 Å². The van der Waals surface area contributed by atoms with E-state index in [1.807, 2.05) is 0 Å². The van der Waals surface area contributed by atoms with Crippen LogP contribution in [0.3, 0.4) is 0 Å². The van der Waals surface area contributed by atoms with Crippen LogP contribution >= 0.6 is 0 Å². The molecule has 0 saturated carbocycles. The predicted molar refractivity (Wildman–Crippen MR) is 106 cm³/mol. The predicted octanol–water partition coefficient (Wildman–Crippen LogP) is -6.48. The van der Waals surface area contributed by atoms with Gasteiger partial charge in [-0.3, -0.25) is 18.2 Å². The number of rotatable bonds is 0. The Morgan fingerprint density at radius 1 is 0.474 bits per heavy atom. The molecule has 19 heteroatoms. The van der Waals surface area contributed by atoms with E-state index in [4.69, 9.17) is 26.6 Å². The molecular weight excluding hydrogens is 431 g/mol. The van der Waals surface area contributed by atoms with Gasteiger partial charge >= 0.3 is 266 Å². The SMILES string of the molecule is O=S(O)(O)=S.O=S(O)(O)=S.[NaH].[NaH].[NaH].[NaH].[NaH].[NaH].[NaH].[NaH].[NaH]. The van der Waals surface area contributed by atoms with E-state index in [0.29, 0.717) is 0 Å². The number of hydrogen-bond acceptors (Lipinski definition) is 4. The van der Waals surface area contributed by atoms with Crippen LogP contribution in [0.5, 0.6) is 0 Å². The summed E-state index contributed by atoms with van der Waals surface area (Å²) in [5.41, 5.74) is 0. The average Bonchev–Trinajstić information content (AvgIpc) is 1.12. The molecule has 0 radical (unpaired) electrons. The molecule has 0 rings (SSSR count). The molecule has 0 fully saturated rings. The first-order valence-corrected chi connectivity index (χ1v) is 6.19. The summed E-state index contributed by atoms with van der Waals surface area (Å²) >= 11 is 6.93. The Hall–Kier alpha value is 9.58. The van der Waals surface area contributed by atoms with Crippen molar-refractivity contribution in [3.8, 4) is 0 Å². The molecule has 0 aromatic rings. The van der Waals surface area contributed by atoms with Gasteiger partial charge in [0, 0.05) is 22.4 Å². The Bertz CT molecular complexity index is 225. The summed E-state index contributed by atoms with van der Waals surface area (Å²) < 4.78 is 47.9. The third kappa shape index (κ3) is 197. The van der Waals surface area contributed by atoms with Crippen LogP contribution in [-0.4, -0.2) is 293 Å². The Kier molecular flexibility index (Phi) is 155. The second kappa shape index (κ2) is 41.8. The van der Waals surface area contributed by atoms with Crippen LogP contribution in [0, 0.1) is 0 Å². The Labute approximate surface area is 323 Å². The van der Waals surface area contributed by atoms with E-state index in [2.05, 4.69) is 22.4 Å². The van der Waals surface area contributed by atoms with Crippen molar-refractivity contribution in [1.29, 1.82) is 0 Å². The standard InChI is InChI=1S/9Na.2H2O3S2.9H/c;;;;;;;;;2*1-5(2,3)4;;;;;;;;;/h;;;;;;;;;2*(H2,1,2,3,4);;;;;;;;;. The summed E-state index contributed by atoms with van der Waals surface area (Å²) in [4.78, 5) is 0. The second-order valence-corrected chi connectivity index (χ2v) is 5.29. The van der Waals surface area contributed by atoms with Crippen molar-refractivity contribution in [1.82, 2.24) is 0 Å². The molecule has 0 heterocycles. The van der Waals surface area contributed by atoms with Crippen LogP contribution in [0.4, 0.5) is 0 Å². The Morgan fingerprint density at radius 2 is 0.474 bits per heavy atom. The Morgan fingerprint density at radius 3 is 0.474 bits per heavy atom. The van der Waals surface area contributed by atoms with Gasteiger partial charge in [-0.15, -0.1) is 0 Å². The summed E-state index contributed by atoms with van der Waals surface area (Å²) in [6.45, 7) is 0. The van der Waals surface area contributed by atoms with Gasteiger partial charge in [-0.2, -0.15) is 8.42 Å².